The minimum atomic E-state index is -2.02. The molecule has 0 aliphatic rings. The molecular formula is C9H9FO5. The molecule has 0 fully saturated rings. The molecule has 5 nitrogen and oxygen atoms in total. The predicted molar refractivity (Wildman–Crippen MR) is 46.7 cm³/mol. The lowest BCUT2D eigenvalue weighted by Crippen LogP contribution is -2.27. The van der Waals surface area contributed by atoms with Gasteiger partial charge in [0.2, 0.25) is 0 Å². The molecule has 0 aliphatic heterocycles. The summed E-state index contributed by atoms with van der Waals surface area (Å²) in [6.45, 7) is 0. The van der Waals surface area contributed by atoms with Crippen LogP contribution in [0.15, 0.2) is 18.2 Å². The number of carbonyl (C=O) groups is 1. The first kappa shape index (κ1) is 11.4. The molecule has 0 aliphatic carbocycles. The minimum Gasteiger partial charge on any atom is -0.505 e. The second-order valence-corrected chi connectivity index (χ2v) is 2.94. The molecule has 0 aromatic heterocycles. The molecule has 0 heterocycles. The molecule has 0 saturated heterocycles. The molecule has 1 rings (SSSR count). The largest absolute Gasteiger partial charge is 0.505 e. The van der Waals surface area contributed by atoms with Gasteiger partial charge in [0.25, 0.3) is 0 Å². The van der Waals surface area contributed by atoms with Gasteiger partial charge in [-0.1, -0.05) is 6.07 Å². The number of hydrogen-bond acceptors (Lipinski definition) is 4. The van der Waals surface area contributed by atoms with Gasteiger partial charge in [0.15, 0.2) is 17.7 Å². The summed E-state index contributed by atoms with van der Waals surface area (Å²) in [7, 11) is 0. The van der Waals surface area contributed by atoms with E-state index >= 15 is 0 Å². The first-order chi connectivity index (χ1) is 6.93. The number of carboxylic acid groups (broad SMARTS) is 1. The van der Waals surface area contributed by atoms with Crippen molar-refractivity contribution >= 4 is 5.97 Å². The normalized spacial score (nSPS) is 14.6. The Morgan fingerprint density at radius 1 is 1.33 bits per heavy atom. The summed E-state index contributed by atoms with van der Waals surface area (Å²) in [5.41, 5.74) is -0.0798. The van der Waals surface area contributed by atoms with Gasteiger partial charge in [0, 0.05) is 0 Å². The zero-order chi connectivity index (χ0) is 11.6. The lowest BCUT2D eigenvalue weighted by atomic mass is 10.0. The van der Waals surface area contributed by atoms with Crippen LogP contribution in [0.1, 0.15) is 11.7 Å². The molecule has 2 unspecified atom stereocenters. The van der Waals surface area contributed by atoms with Gasteiger partial charge in [-0.15, -0.1) is 0 Å². The fourth-order valence-corrected chi connectivity index (χ4v) is 1.03. The number of hydrogen-bond donors (Lipinski definition) is 4. The molecular weight excluding hydrogens is 207 g/mol. The van der Waals surface area contributed by atoms with Crippen LogP contribution < -0.4 is 0 Å². The molecule has 1 aromatic carbocycles. The lowest BCUT2D eigenvalue weighted by molar-refractivity contribution is -0.153. The molecule has 0 saturated carbocycles. The van der Waals surface area contributed by atoms with E-state index < -0.39 is 29.7 Å². The Balaban J connectivity index is 2.96. The number of carboxylic acids is 1. The number of rotatable bonds is 3. The molecule has 1 aromatic rings. The van der Waals surface area contributed by atoms with Crippen LogP contribution in [0.5, 0.6) is 5.75 Å². The topological polar surface area (TPSA) is 98.0 Å². The average molecular weight is 216 g/mol. The molecule has 2 atom stereocenters. The zero-order valence-electron chi connectivity index (χ0n) is 7.46. The van der Waals surface area contributed by atoms with E-state index in [1.165, 1.54) is 0 Å². The maximum Gasteiger partial charge on any atom is 0.335 e. The fraction of sp³-hybridized carbons (Fsp3) is 0.222. The monoisotopic (exact) mass is 216 g/mol. The third kappa shape index (κ3) is 2.42. The summed E-state index contributed by atoms with van der Waals surface area (Å²) in [5, 5.41) is 35.6. The molecule has 0 spiro atoms. The lowest BCUT2D eigenvalue weighted by Gasteiger charge is -2.14. The summed E-state index contributed by atoms with van der Waals surface area (Å²) in [6.07, 6.45) is -3.73. The average Bonchev–Trinajstić information content (AvgIpc) is 2.19. The van der Waals surface area contributed by atoms with E-state index in [-0.39, 0.29) is 5.56 Å². The molecule has 15 heavy (non-hydrogen) atoms. The third-order valence-electron chi connectivity index (χ3n) is 1.86. The number of benzene rings is 1. The summed E-state index contributed by atoms with van der Waals surface area (Å²) < 4.78 is 12.6. The van der Waals surface area contributed by atoms with Crippen LogP contribution >= 0.6 is 0 Å². The maximum absolute atomic E-state index is 12.6. The highest BCUT2D eigenvalue weighted by Crippen LogP contribution is 2.23. The third-order valence-corrected chi connectivity index (χ3v) is 1.86. The van der Waals surface area contributed by atoms with Crippen molar-refractivity contribution in [2.24, 2.45) is 0 Å². The Hall–Kier alpha value is -1.66. The minimum absolute atomic E-state index is 0.0798. The van der Waals surface area contributed by atoms with E-state index in [0.717, 1.165) is 18.2 Å². The second kappa shape index (κ2) is 4.24. The Morgan fingerprint density at radius 2 is 1.93 bits per heavy atom. The van der Waals surface area contributed by atoms with E-state index in [1.807, 2.05) is 0 Å². The van der Waals surface area contributed by atoms with Gasteiger partial charge in [-0.3, -0.25) is 0 Å². The molecule has 6 heteroatoms. The van der Waals surface area contributed by atoms with Crippen LogP contribution in [0.2, 0.25) is 0 Å². The van der Waals surface area contributed by atoms with Crippen molar-refractivity contribution in [2.45, 2.75) is 12.2 Å². The summed E-state index contributed by atoms with van der Waals surface area (Å²) in [4.78, 5) is 10.3. The Bertz CT molecular complexity index is 379. The van der Waals surface area contributed by atoms with Crippen LogP contribution in [0, 0.1) is 5.82 Å². The standard InChI is InChI=1S/C9H9FO5/c10-5-2-1-4(3-6(5)11)7(12)8(13)9(14)15/h1-3,7-8,11-13H,(H,14,15). The first-order valence-corrected chi connectivity index (χ1v) is 4.01. The highest BCUT2D eigenvalue weighted by Gasteiger charge is 2.25. The van der Waals surface area contributed by atoms with Crippen molar-refractivity contribution in [1.29, 1.82) is 0 Å². The van der Waals surface area contributed by atoms with Gasteiger partial charge >= 0.3 is 5.97 Å². The second-order valence-electron chi connectivity index (χ2n) is 2.94. The van der Waals surface area contributed by atoms with E-state index in [0.29, 0.717) is 0 Å². The van der Waals surface area contributed by atoms with Crippen LogP contribution in [-0.2, 0) is 4.79 Å². The SMILES string of the molecule is O=C(O)C(O)C(O)c1ccc(F)c(O)c1. The van der Waals surface area contributed by atoms with E-state index in [4.69, 9.17) is 15.3 Å². The first-order valence-electron chi connectivity index (χ1n) is 4.01. The number of aliphatic hydroxyl groups excluding tert-OH is 2. The number of aromatic hydroxyl groups is 1. The van der Waals surface area contributed by atoms with E-state index in [2.05, 4.69) is 0 Å². The van der Waals surface area contributed by atoms with Gasteiger partial charge in [-0.2, -0.15) is 0 Å². The molecule has 0 bridgehead atoms. The van der Waals surface area contributed by atoms with Crippen molar-refractivity contribution < 1.29 is 29.6 Å². The van der Waals surface area contributed by atoms with Crippen LogP contribution in [0.3, 0.4) is 0 Å². The highest BCUT2D eigenvalue weighted by atomic mass is 19.1. The Labute approximate surface area is 84.0 Å². The maximum atomic E-state index is 12.6. The predicted octanol–water partition coefficient (Wildman–Crippen LogP) is 0.0102. The van der Waals surface area contributed by atoms with Gasteiger partial charge in [-0.25, -0.2) is 9.18 Å². The molecule has 4 N–H and O–H groups in total. The van der Waals surface area contributed by atoms with Crippen LogP contribution in [0.4, 0.5) is 4.39 Å². The summed E-state index contributed by atoms with van der Waals surface area (Å²) in [6, 6.07) is 2.79. The number of aliphatic carboxylic acids is 1. The quantitative estimate of drug-likeness (QED) is 0.570. The van der Waals surface area contributed by atoms with E-state index in [1.54, 1.807) is 0 Å². The molecule has 0 amide bonds. The Morgan fingerprint density at radius 3 is 2.40 bits per heavy atom. The number of aliphatic hydroxyl groups is 2. The van der Waals surface area contributed by atoms with Gasteiger partial charge in [0.05, 0.1) is 0 Å². The number of halogens is 1. The van der Waals surface area contributed by atoms with Crippen LogP contribution in [0.25, 0.3) is 0 Å². The summed E-state index contributed by atoms with van der Waals surface area (Å²) >= 11 is 0. The van der Waals surface area contributed by atoms with Crippen molar-refractivity contribution in [3.05, 3.63) is 29.6 Å². The van der Waals surface area contributed by atoms with Gasteiger partial charge in [0.1, 0.15) is 6.10 Å². The fourth-order valence-electron chi connectivity index (χ4n) is 1.03. The van der Waals surface area contributed by atoms with Crippen molar-refractivity contribution in [2.75, 3.05) is 0 Å². The van der Waals surface area contributed by atoms with Crippen LogP contribution in [-0.4, -0.2) is 32.5 Å². The smallest absolute Gasteiger partial charge is 0.335 e. The van der Waals surface area contributed by atoms with Gasteiger partial charge < -0.3 is 20.4 Å². The number of phenolic OH excluding ortho intramolecular Hbond substituents is 1. The highest BCUT2D eigenvalue weighted by molar-refractivity contribution is 5.73. The number of phenols is 1. The zero-order valence-corrected chi connectivity index (χ0v) is 7.46. The van der Waals surface area contributed by atoms with Gasteiger partial charge in [-0.05, 0) is 17.7 Å². The molecule has 82 valence electrons. The molecule has 0 radical (unpaired) electrons. The van der Waals surface area contributed by atoms with Crippen molar-refractivity contribution in [1.82, 2.24) is 0 Å². The van der Waals surface area contributed by atoms with Crippen molar-refractivity contribution in [3.63, 3.8) is 0 Å². The Kier molecular flexibility index (Phi) is 3.23. The summed E-state index contributed by atoms with van der Waals surface area (Å²) in [5.74, 6) is -3.22. The van der Waals surface area contributed by atoms with E-state index in [9.17, 15) is 14.3 Å². The van der Waals surface area contributed by atoms with Crippen molar-refractivity contribution in [3.8, 4) is 5.75 Å².